The van der Waals surface area contributed by atoms with Gasteiger partial charge in [0, 0.05) is 37.7 Å². The number of fused-ring (bicyclic) bond motifs is 1. The maximum atomic E-state index is 10.4. The van der Waals surface area contributed by atoms with Crippen LogP contribution in [-0.2, 0) is 19.4 Å². The normalized spacial score (nSPS) is 23.9. The van der Waals surface area contributed by atoms with Crippen LogP contribution in [0.2, 0.25) is 0 Å². The summed E-state index contributed by atoms with van der Waals surface area (Å²) in [5.74, 6) is 1.29. The van der Waals surface area contributed by atoms with Crippen molar-refractivity contribution in [1.29, 1.82) is 0 Å². The van der Waals surface area contributed by atoms with E-state index in [2.05, 4.69) is 39.4 Å². The minimum Gasteiger partial charge on any atom is -0.493 e. The highest BCUT2D eigenvalue weighted by Gasteiger charge is 2.31. The van der Waals surface area contributed by atoms with E-state index in [0.29, 0.717) is 0 Å². The summed E-state index contributed by atoms with van der Waals surface area (Å²) in [6.07, 6.45) is 1.57. The Balaban J connectivity index is 1.39. The largest absolute Gasteiger partial charge is 0.493 e. The Morgan fingerprint density at radius 1 is 1.35 bits per heavy atom. The fraction of sp³-hybridized carbons (Fsp3) is 0.500. The van der Waals surface area contributed by atoms with Gasteiger partial charge in [0.15, 0.2) is 0 Å². The molecule has 2 atom stereocenters. The topological polar surface area (TPSA) is 61.4 Å². The molecule has 2 aromatic rings. The SMILES string of the molecule is Cc1cc(C[C@@H]2CN(Cc3ccc4c(c3)CCO4)C[C@H]2O)n[nH]1. The zero-order valence-electron chi connectivity index (χ0n) is 13.5. The average Bonchev–Trinajstić information content (AvgIpc) is 3.21. The minimum absolute atomic E-state index is 0.260. The van der Waals surface area contributed by atoms with Crippen LogP contribution in [0.3, 0.4) is 0 Å². The van der Waals surface area contributed by atoms with Gasteiger partial charge in [-0.2, -0.15) is 5.10 Å². The first-order valence-electron chi connectivity index (χ1n) is 8.33. The van der Waals surface area contributed by atoms with Crippen LogP contribution in [0.1, 0.15) is 22.5 Å². The number of benzene rings is 1. The summed E-state index contributed by atoms with van der Waals surface area (Å²) in [4.78, 5) is 2.34. The van der Waals surface area contributed by atoms with E-state index < -0.39 is 0 Å². The molecule has 0 spiro atoms. The van der Waals surface area contributed by atoms with Gasteiger partial charge >= 0.3 is 0 Å². The van der Waals surface area contributed by atoms with Gasteiger partial charge in [0.25, 0.3) is 0 Å². The number of nitrogens with one attached hydrogen (secondary N) is 1. The number of ether oxygens (including phenoxy) is 1. The number of aromatic nitrogens is 2. The maximum absolute atomic E-state index is 10.4. The Hall–Kier alpha value is -1.85. The Kier molecular flexibility index (Phi) is 3.83. The molecular weight excluding hydrogens is 290 g/mol. The molecule has 3 heterocycles. The van der Waals surface area contributed by atoms with Crippen LogP contribution in [0.25, 0.3) is 0 Å². The lowest BCUT2D eigenvalue weighted by atomic mass is 10.0. The molecule has 0 amide bonds. The van der Waals surface area contributed by atoms with E-state index >= 15 is 0 Å². The smallest absolute Gasteiger partial charge is 0.122 e. The van der Waals surface area contributed by atoms with Crippen molar-refractivity contribution in [3.8, 4) is 5.75 Å². The number of H-pyrrole nitrogens is 1. The molecule has 0 radical (unpaired) electrons. The molecule has 1 saturated heterocycles. The van der Waals surface area contributed by atoms with Crippen molar-refractivity contribution in [3.63, 3.8) is 0 Å². The van der Waals surface area contributed by atoms with Gasteiger partial charge in [-0.15, -0.1) is 0 Å². The van der Waals surface area contributed by atoms with Gasteiger partial charge in [-0.1, -0.05) is 12.1 Å². The molecule has 2 N–H and O–H groups in total. The van der Waals surface area contributed by atoms with Crippen LogP contribution in [0, 0.1) is 12.8 Å². The van der Waals surface area contributed by atoms with Crippen LogP contribution in [0.4, 0.5) is 0 Å². The molecule has 4 rings (SSSR count). The second kappa shape index (κ2) is 5.98. The second-order valence-electron chi connectivity index (χ2n) is 6.81. The van der Waals surface area contributed by atoms with Crippen LogP contribution in [0.5, 0.6) is 5.75 Å². The van der Waals surface area contributed by atoms with Crippen molar-refractivity contribution >= 4 is 0 Å². The Labute approximate surface area is 136 Å². The third kappa shape index (κ3) is 3.12. The molecule has 23 heavy (non-hydrogen) atoms. The zero-order valence-corrected chi connectivity index (χ0v) is 13.5. The van der Waals surface area contributed by atoms with Crippen LogP contribution >= 0.6 is 0 Å². The van der Waals surface area contributed by atoms with E-state index in [1.807, 2.05) is 6.92 Å². The van der Waals surface area contributed by atoms with Gasteiger partial charge in [-0.3, -0.25) is 10.00 Å². The molecular formula is C18H23N3O2. The number of aryl methyl sites for hydroxylation is 1. The van der Waals surface area contributed by atoms with Gasteiger partial charge < -0.3 is 9.84 Å². The maximum Gasteiger partial charge on any atom is 0.122 e. The summed E-state index contributed by atoms with van der Waals surface area (Å²) >= 11 is 0. The molecule has 0 bridgehead atoms. The lowest BCUT2D eigenvalue weighted by molar-refractivity contribution is 0.140. The molecule has 1 aromatic carbocycles. The first-order chi connectivity index (χ1) is 11.2. The first-order valence-corrected chi connectivity index (χ1v) is 8.33. The van der Waals surface area contributed by atoms with Crippen LogP contribution in [0.15, 0.2) is 24.3 Å². The van der Waals surface area contributed by atoms with E-state index in [4.69, 9.17) is 4.74 Å². The summed E-state index contributed by atoms with van der Waals surface area (Å²) < 4.78 is 5.56. The van der Waals surface area contributed by atoms with Crippen LogP contribution in [-0.4, -0.2) is 46.0 Å². The summed E-state index contributed by atoms with van der Waals surface area (Å²) in [6, 6.07) is 8.53. The number of aromatic amines is 1. The molecule has 0 saturated carbocycles. The number of hydrogen-bond donors (Lipinski definition) is 2. The lowest BCUT2D eigenvalue weighted by Gasteiger charge is -2.16. The highest BCUT2D eigenvalue weighted by Crippen LogP contribution is 2.28. The predicted octanol–water partition coefficient (Wildman–Crippen LogP) is 1.69. The molecule has 1 fully saturated rings. The number of aliphatic hydroxyl groups excluding tert-OH is 1. The summed E-state index contributed by atoms with van der Waals surface area (Å²) in [5, 5.41) is 17.6. The molecule has 1 aromatic heterocycles. The van der Waals surface area contributed by atoms with Gasteiger partial charge in [-0.25, -0.2) is 0 Å². The Bertz CT molecular complexity index is 697. The standard InChI is InChI=1S/C18H23N3O2/c1-12-6-16(20-19-12)8-15-10-21(11-17(15)22)9-13-2-3-18-14(7-13)4-5-23-18/h2-3,6-7,15,17,22H,4-5,8-11H2,1H3,(H,19,20)/t15-,17-/m1/s1. The number of β-amino-alcohol motifs (C(OH)–C–C–N with tert-alkyl or cyclic N) is 1. The summed E-state index contributed by atoms with van der Waals surface area (Å²) in [6.45, 7) is 5.35. The van der Waals surface area contributed by atoms with Crippen molar-refractivity contribution in [2.75, 3.05) is 19.7 Å². The van der Waals surface area contributed by atoms with E-state index in [9.17, 15) is 5.11 Å². The minimum atomic E-state index is -0.273. The fourth-order valence-electron chi connectivity index (χ4n) is 3.72. The van der Waals surface area contributed by atoms with E-state index in [-0.39, 0.29) is 12.0 Å². The number of hydrogen-bond acceptors (Lipinski definition) is 4. The quantitative estimate of drug-likeness (QED) is 0.902. The van der Waals surface area contributed by atoms with Crippen molar-refractivity contribution < 1.29 is 9.84 Å². The van der Waals surface area contributed by atoms with E-state index in [1.54, 1.807) is 0 Å². The van der Waals surface area contributed by atoms with Crippen LogP contribution < -0.4 is 4.74 Å². The molecule has 5 nitrogen and oxygen atoms in total. The van der Waals surface area contributed by atoms with Crippen molar-refractivity contribution in [2.24, 2.45) is 5.92 Å². The summed E-state index contributed by atoms with van der Waals surface area (Å²) in [7, 11) is 0. The van der Waals surface area contributed by atoms with Gasteiger partial charge in [0.1, 0.15) is 5.75 Å². The monoisotopic (exact) mass is 313 g/mol. The molecule has 122 valence electrons. The summed E-state index contributed by atoms with van der Waals surface area (Å²) in [5.41, 5.74) is 4.73. The Morgan fingerprint density at radius 2 is 2.26 bits per heavy atom. The van der Waals surface area contributed by atoms with Crippen molar-refractivity contribution in [1.82, 2.24) is 15.1 Å². The van der Waals surface area contributed by atoms with E-state index in [0.717, 1.165) is 56.2 Å². The van der Waals surface area contributed by atoms with Gasteiger partial charge in [0.05, 0.1) is 18.4 Å². The number of likely N-dealkylation sites (tertiary alicyclic amines) is 1. The second-order valence-corrected chi connectivity index (χ2v) is 6.81. The van der Waals surface area contributed by atoms with E-state index in [1.165, 1.54) is 11.1 Å². The highest BCUT2D eigenvalue weighted by atomic mass is 16.5. The Morgan fingerprint density at radius 3 is 3.09 bits per heavy atom. The van der Waals surface area contributed by atoms with Crippen molar-refractivity contribution in [3.05, 3.63) is 46.8 Å². The molecule has 2 aliphatic heterocycles. The third-order valence-electron chi connectivity index (χ3n) is 4.87. The van der Waals surface area contributed by atoms with Gasteiger partial charge in [0.2, 0.25) is 0 Å². The molecule has 5 heteroatoms. The fourth-order valence-corrected chi connectivity index (χ4v) is 3.72. The molecule has 0 aliphatic carbocycles. The number of aliphatic hydroxyl groups is 1. The molecule has 0 unspecified atom stereocenters. The zero-order chi connectivity index (χ0) is 15.8. The number of nitrogens with zero attached hydrogens (tertiary/aromatic N) is 2. The van der Waals surface area contributed by atoms with Crippen molar-refractivity contribution in [2.45, 2.75) is 32.4 Å². The first kappa shape index (κ1) is 14.7. The average molecular weight is 313 g/mol. The predicted molar refractivity (Wildman–Crippen MR) is 87.4 cm³/mol. The number of rotatable bonds is 4. The van der Waals surface area contributed by atoms with Gasteiger partial charge in [-0.05, 0) is 36.6 Å². The third-order valence-corrected chi connectivity index (χ3v) is 4.87. The highest BCUT2D eigenvalue weighted by molar-refractivity contribution is 5.39. The lowest BCUT2D eigenvalue weighted by Crippen LogP contribution is -2.21. The molecule has 2 aliphatic rings.